The van der Waals surface area contributed by atoms with Gasteiger partial charge in [0.15, 0.2) is 5.43 Å². The molecule has 1 aromatic carbocycles. The molecule has 0 aliphatic carbocycles. The van der Waals surface area contributed by atoms with Crippen molar-refractivity contribution in [2.45, 2.75) is 20.4 Å². The van der Waals surface area contributed by atoms with Crippen LogP contribution >= 0.6 is 0 Å². The minimum atomic E-state index is -0.446. The highest BCUT2D eigenvalue weighted by Gasteiger charge is 2.12. The molecular formula is C15H15FN2O2. The molecular weight excluding hydrogens is 259 g/mol. The second kappa shape index (κ2) is 5.69. The van der Waals surface area contributed by atoms with Crippen LogP contribution in [0.5, 0.6) is 0 Å². The third kappa shape index (κ3) is 2.93. The molecule has 2 rings (SSSR count). The molecule has 0 unspecified atom stereocenters. The summed E-state index contributed by atoms with van der Waals surface area (Å²) < 4.78 is 12.8. The number of hydrogen-bond acceptors (Lipinski definition) is 2. The summed E-state index contributed by atoms with van der Waals surface area (Å²) in [6.07, 6.45) is 1.41. The van der Waals surface area contributed by atoms with Crippen molar-refractivity contribution in [2.24, 2.45) is 0 Å². The molecule has 1 heterocycles. The predicted molar refractivity (Wildman–Crippen MR) is 74.1 cm³/mol. The SMILES string of the molecule is Cc1[nH]cc(C(=O)NCc2ccc(F)cc2)c(=O)c1C. The van der Waals surface area contributed by atoms with Crippen molar-refractivity contribution in [1.82, 2.24) is 10.3 Å². The summed E-state index contributed by atoms with van der Waals surface area (Å²) in [7, 11) is 0. The highest BCUT2D eigenvalue weighted by atomic mass is 19.1. The van der Waals surface area contributed by atoms with Gasteiger partial charge in [-0.15, -0.1) is 0 Å². The Balaban J connectivity index is 2.11. The molecule has 2 N–H and O–H groups in total. The van der Waals surface area contributed by atoms with Crippen LogP contribution in [0.25, 0.3) is 0 Å². The van der Waals surface area contributed by atoms with Gasteiger partial charge in [-0.2, -0.15) is 0 Å². The van der Waals surface area contributed by atoms with Crippen LogP contribution in [0.2, 0.25) is 0 Å². The summed E-state index contributed by atoms with van der Waals surface area (Å²) in [5, 5.41) is 2.64. The van der Waals surface area contributed by atoms with E-state index in [1.807, 2.05) is 0 Å². The maximum absolute atomic E-state index is 12.8. The molecule has 0 saturated carbocycles. The van der Waals surface area contributed by atoms with Crippen molar-refractivity contribution < 1.29 is 9.18 Å². The predicted octanol–water partition coefficient (Wildman–Crippen LogP) is 2.06. The van der Waals surface area contributed by atoms with Crippen molar-refractivity contribution in [2.75, 3.05) is 0 Å². The molecule has 20 heavy (non-hydrogen) atoms. The Hall–Kier alpha value is -2.43. The van der Waals surface area contributed by atoms with E-state index in [0.717, 1.165) is 11.3 Å². The van der Waals surface area contributed by atoms with Gasteiger partial charge >= 0.3 is 0 Å². The molecule has 1 aromatic heterocycles. The fraction of sp³-hybridized carbons (Fsp3) is 0.200. The van der Waals surface area contributed by atoms with E-state index in [1.54, 1.807) is 26.0 Å². The minimum Gasteiger partial charge on any atom is -0.364 e. The largest absolute Gasteiger partial charge is 0.364 e. The summed E-state index contributed by atoms with van der Waals surface area (Å²) in [4.78, 5) is 26.8. The number of aromatic nitrogens is 1. The molecule has 0 saturated heterocycles. The van der Waals surface area contributed by atoms with E-state index in [2.05, 4.69) is 10.3 Å². The summed E-state index contributed by atoms with van der Waals surface area (Å²) >= 11 is 0. The number of nitrogens with one attached hydrogen (secondary N) is 2. The molecule has 0 bridgehead atoms. The fourth-order valence-electron chi connectivity index (χ4n) is 1.78. The van der Waals surface area contributed by atoms with Crippen molar-refractivity contribution >= 4 is 5.91 Å². The molecule has 0 aliphatic heterocycles. The van der Waals surface area contributed by atoms with E-state index in [1.165, 1.54) is 18.3 Å². The lowest BCUT2D eigenvalue weighted by Crippen LogP contribution is -2.29. The first-order chi connectivity index (χ1) is 9.49. The number of aryl methyl sites for hydroxylation is 1. The molecule has 0 radical (unpaired) electrons. The summed E-state index contributed by atoms with van der Waals surface area (Å²) in [5.74, 6) is -0.774. The number of pyridine rings is 1. The Morgan fingerprint density at radius 3 is 2.55 bits per heavy atom. The number of carbonyl (C=O) groups is 1. The Morgan fingerprint density at radius 2 is 1.90 bits per heavy atom. The molecule has 0 aliphatic rings. The second-order valence-electron chi connectivity index (χ2n) is 4.59. The van der Waals surface area contributed by atoms with Gasteiger partial charge in [0.2, 0.25) is 0 Å². The minimum absolute atomic E-state index is 0.0789. The smallest absolute Gasteiger partial charge is 0.257 e. The van der Waals surface area contributed by atoms with Gasteiger partial charge in [-0.3, -0.25) is 9.59 Å². The number of carbonyl (C=O) groups excluding carboxylic acids is 1. The summed E-state index contributed by atoms with van der Waals surface area (Å²) in [5.41, 5.74) is 1.83. The molecule has 0 atom stereocenters. The lowest BCUT2D eigenvalue weighted by Gasteiger charge is -2.07. The van der Waals surface area contributed by atoms with E-state index in [-0.39, 0.29) is 23.4 Å². The molecule has 0 spiro atoms. The van der Waals surface area contributed by atoms with Crippen molar-refractivity contribution in [3.05, 3.63) is 68.9 Å². The average molecular weight is 274 g/mol. The van der Waals surface area contributed by atoms with Gasteiger partial charge < -0.3 is 10.3 Å². The quantitative estimate of drug-likeness (QED) is 0.900. The number of hydrogen-bond donors (Lipinski definition) is 2. The Bertz CT molecular complexity index is 690. The second-order valence-corrected chi connectivity index (χ2v) is 4.59. The van der Waals surface area contributed by atoms with E-state index in [4.69, 9.17) is 0 Å². The van der Waals surface area contributed by atoms with Gasteiger partial charge in [-0.05, 0) is 31.5 Å². The Labute approximate surface area is 115 Å². The van der Waals surface area contributed by atoms with Gasteiger partial charge in [0.25, 0.3) is 5.91 Å². The fourth-order valence-corrected chi connectivity index (χ4v) is 1.78. The van der Waals surface area contributed by atoms with E-state index >= 15 is 0 Å². The Morgan fingerprint density at radius 1 is 1.25 bits per heavy atom. The normalized spacial score (nSPS) is 10.3. The highest BCUT2D eigenvalue weighted by molar-refractivity contribution is 5.93. The zero-order valence-electron chi connectivity index (χ0n) is 11.3. The van der Waals surface area contributed by atoms with E-state index in [9.17, 15) is 14.0 Å². The first-order valence-corrected chi connectivity index (χ1v) is 6.20. The lowest BCUT2D eigenvalue weighted by molar-refractivity contribution is 0.0949. The van der Waals surface area contributed by atoms with Crippen LogP contribution in [-0.2, 0) is 6.54 Å². The molecule has 1 amide bonds. The van der Waals surface area contributed by atoms with Crippen LogP contribution in [0.4, 0.5) is 4.39 Å². The molecule has 5 heteroatoms. The average Bonchev–Trinajstić information content (AvgIpc) is 2.44. The van der Waals surface area contributed by atoms with Gasteiger partial charge in [-0.1, -0.05) is 12.1 Å². The molecule has 2 aromatic rings. The van der Waals surface area contributed by atoms with Gasteiger partial charge in [-0.25, -0.2) is 4.39 Å². The van der Waals surface area contributed by atoms with Crippen LogP contribution in [0, 0.1) is 19.7 Å². The Kier molecular flexibility index (Phi) is 3.98. The van der Waals surface area contributed by atoms with Crippen molar-refractivity contribution in [3.63, 3.8) is 0 Å². The first kappa shape index (κ1) is 14.0. The van der Waals surface area contributed by atoms with Gasteiger partial charge in [0, 0.05) is 24.0 Å². The number of amides is 1. The third-order valence-electron chi connectivity index (χ3n) is 3.19. The van der Waals surface area contributed by atoms with Gasteiger partial charge in [0.1, 0.15) is 11.4 Å². The maximum atomic E-state index is 12.8. The number of halogens is 1. The maximum Gasteiger partial charge on any atom is 0.257 e. The van der Waals surface area contributed by atoms with Crippen molar-refractivity contribution in [1.29, 1.82) is 0 Å². The number of H-pyrrole nitrogens is 1. The highest BCUT2D eigenvalue weighted by Crippen LogP contribution is 2.03. The van der Waals surface area contributed by atoms with Crippen LogP contribution in [0.15, 0.2) is 35.3 Å². The standard InChI is InChI=1S/C15H15FN2O2/c1-9-10(2)17-8-13(14(9)19)15(20)18-7-11-3-5-12(16)6-4-11/h3-6,8H,7H2,1-2H3,(H,17,19)(H,18,20). The topological polar surface area (TPSA) is 62.0 Å². The van der Waals surface area contributed by atoms with Crippen LogP contribution in [0.1, 0.15) is 27.2 Å². The van der Waals surface area contributed by atoms with Crippen LogP contribution in [-0.4, -0.2) is 10.9 Å². The first-order valence-electron chi connectivity index (χ1n) is 6.20. The number of aromatic amines is 1. The van der Waals surface area contributed by atoms with Crippen LogP contribution < -0.4 is 10.7 Å². The molecule has 4 nitrogen and oxygen atoms in total. The zero-order valence-corrected chi connectivity index (χ0v) is 11.3. The molecule has 0 fully saturated rings. The number of rotatable bonds is 3. The van der Waals surface area contributed by atoms with Gasteiger partial charge in [0.05, 0.1) is 0 Å². The lowest BCUT2D eigenvalue weighted by atomic mass is 10.1. The van der Waals surface area contributed by atoms with E-state index in [0.29, 0.717) is 5.56 Å². The third-order valence-corrected chi connectivity index (χ3v) is 3.19. The summed E-state index contributed by atoms with van der Waals surface area (Å²) in [6, 6.07) is 5.81. The summed E-state index contributed by atoms with van der Waals surface area (Å²) in [6.45, 7) is 3.69. The van der Waals surface area contributed by atoms with E-state index < -0.39 is 5.91 Å². The van der Waals surface area contributed by atoms with Crippen molar-refractivity contribution in [3.8, 4) is 0 Å². The van der Waals surface area contributed by atoms with Crippen LogP contribution in [0.3, 0.4) is 0 Å². The molecule has 104 valence electrons. The zero-order chi connectivity index (χ0) is 14.7. The monoisotopic (exact) mass is 274 g/mol. The number of benzene rings is 1.